The molecule has 16 heavy (non-hydrogen) atoms. The summed E-state index contributed by atoms with van der Waals surface area (Å²) in [6, 6.07) is 0.869. The fourth-order valence-corrected chi connectivity index (χ4v) is 1.88. The second kappa shape index (κ2) is 8.97. The van der Waals surface area contributed by atoms with Crippen molar-refractivity contribution in [2.75, 3.05) is 20.3 Å². The second-order valence-electron chi connectivity index (χ2n) is 5.16. The highest BCUT2D eigenvalue weighted by Gasteiger charge is 2.19. The Morgan fingerprint density at radius 1 is 1.00 bits per heavy atom. The molecule has 0 bridgehead atoms. The summed E-state index contributed by atoms with van der Waals surface area (Å²) in [5.74, 6) is 1.14. The van der Waals surface area contributed by atoms with Crippen molar-refractivity contribution in [1.29, 1.82) is 0 Å². The Hall–Kier alpha value is -0.120. The van der Waals surface area contributed by atoms with Crippen LogP contribution in [0.1, 0.15) is 40.5 Å². The first-order chi connectivity index (χ1) is 7.52. The van der Waals surface area contributed by atoms with E-state index in [1.165, 1.54) is 0 Å². The van der Waals surface area contributed by atoms with Gasteiger partial charge in [-0.2, -0.15) is 0 Å². The van der Waals surface area contributed by atoms with E-state index in [1.54, 1.807) is 7.11 Å². The molecule has 0 rings (SSSR count). The minimum absolute atomic E-state index is 0.255. The second-order valence-corrected chi connectivity index (χ2v) is 5.16. The van der Waals surface area contributed by atoms with Gasteiger partial charge in [0.2, 0.25) is 0 Å². The first-order valence-electron chi connectivity index (χ1n) is 6.38. The Bertz CT molecular complexity index is 160. The largest absolute Gasteiger partial charge is 0.396 e. The summed E-state index contributed by atoms with van der Waals surface area (Å²) in [6.07, 6.45) is 1.86. The van der Waals surface area contributed by atoms with E-state index in [0.717, 1.165) is 19.4 Å². The molecule has 0 aliphatic rings. The molecule has 98 valence electrons. The van der Waals surface area contributed by atoms with E-state index in [1.807, 2.05) is 0 Å². The fraction of sp³-hybridized carbons (Fsp3) is 1.00. The van der Waals surface area contributed by atoms with E-state index >= 15 is 0 Å². The molecule has 0 aromatic carbocycles. The maximum absolute atomic E-state index is 9.05. The van der Waals surface area contributed by atoms with Crippen molar-refractivity contribution in [3.05, 3.63) is 0 Å². The van der Waals surface area contributed by atoms with Crippen LogP contribution in [0.3, 0.4) is 0 Å². The van der Waals surface area contributed by atoms with Gasteiger partial charge in [-0.15, -0.1) is 0 Å². The molecular weight excluding hydrogens is 202 g/mol. The molecule has 0 aromatic heterocycles. The number of nitrogens with one attached hydrogen (secondary N) is 1. The highest BCUT2D eigenvalue weighted by Crippen LogP contribution is 2.12. The van der Waals surface area contributed by atoms with E-state index in [0.29, 0.717) is 23.9 Å². The molecule has 0 radical (unpaired) electrons. The van der Waals surface area contributed by atoms with Crippen molar-refractivity contribution in [3.8, 4) is 0 Å². The normalized spacial score (nSPS) is 15.8. The molecule has 0 aromatic rings. The van der Waals surface area contributed by atoms with Crippen LogP contribution in [0.4, 0.5) is 0 Å². The summed E-state index contributed by atoms with van der Waals surface area (Å²) < 4.78 is 5.14. The van der Waals surface area contributed by atoms with Gasteiger partial charge in [-0.25, -0.2) is 0 Å². The average Bonchev–Trinajstić information content (AvgIpc) is 2.21. The molecule has 0 amide bonds. The van der Waals surface area contributed by atoms with Gasteiger partial charge in [-0.1, -0.05) is 27.7 Å². The van der Waals surface area contributed by atoms with Gasteiger partial charge >= 0.3 is 0 Å². The topological polar surface area (TPSA) is 41.5 Å². The summed E-state index contributed by atoms with van der Waals surface area (Å²) in [5, 5.41) is 12.7. The van der Waals surface area contributed by atoms with Crippen molar-refractivity contribution in [1.82, 2.24) is 5.32 Å². The zero-order chi connectivity index (χ0) is 12.6. The molecular formula is C13H29NO2. The Labute approximate surface area is 101 Å². The van der Waals surface area contributed by atoms with Gasteiger partial charge < -0.3 is 15.2 Å². The zero-order valence-electron chi connectivity index (χ0n) is 11.5. The molecule has 2 N–H and O–H groups in total. The predicted molar refractivity (Wildman–Crippen MR) is 68.6 cm³/mol. The maximum atomic E-state index is 9.05. The Morgan fingerprint density at radius 3 is 1.88 bits per heavy atom. The lowest BCUT2D eigenvalue weighted by Crippen LogP contribution is -2.45. The lowest BCUT2D eigenvalue weighted by Gasteiger charge is -2.30. The van der Waals surface area contributed by atoms with Crippen LogP contribution in [0.2, 0.25) is 0 Å². The van der Waals surface area contributed by atoms with E-state index < -0.39 is 0 Å². The monoisotopic (exact) mass is 231 g/mol. The van der Waals surface area contributed by atoms with Crippen LogP contribution in [0.25, 0.3) is 0 Å². The van der Waals surface area contributed by atoms with E-state index in [-0.39, 0.29) is 6.61 Å². The smallest absolute Gasteiger partial charge is 0.0477 e. The summed E-state index contributed by atoms with van der Waals surface area (Å²) >= 11 is 0. The van der Waals surface area contributed by atoms with Gasteiger partial charge in [-0.05, 0) is 24.7 Å². The number of aliphatic hydroxyl groups excluding tert-OH is 1. The molecule has 2 unspecified atom stereocenters. The summed E-state index contributed by atoms with van der Waals surface area (Å²) in [4.78, 5) is 0. The number of methoxy groups -OCH3 is 1. The van der Waals surface area contributed by atoms with Crippen molar-refractivity contribution in [2.24, 2.45) is 11.8 Å². The van der Waals surface area contributed by atoms with Crippen molar-refractivity contribution in [3.63, 3.8) is 0 Å². The Balaban J connectivity index is 4.21. The van der Waals surface area contributed by atoms with Crippen molar-refractivity contribution >= 4 is 0 Å². The lowest BCUT2D eigenvalue weighted by atomic mass is 9.95. The first-order valence-corrected chi connectivity index (χ1v) is 6.38. The van der Waals surface area contributed by atoms with Gasteiger partial charge in [0.25, 0.3) is 0 Å². The van der Waals surface area contributed by atoms with Crippen LogP contribution in [0.15, 0.2) is 0 Å². The van der Waals surface area contributed by atoms with E-state index in [9.17, 15) is 0 Å². The molecule has 3 heteroatoms. The predicted octanol–water partition coefficient (Wildman–Crippen LogP) is 2.04. The number of ether oxygens (including phenoxy) is 1. The van der Waals surface area contributed by atoms with Crippen LogP contribution in [0, 0.1) is 11.8 Å². The lowest BCUT2D eigenvalue weighted by molar-refractivity contribution is 0.160. The summed E-state index contributed by atoms with van der Waals surface area (Å²) in [6.45, 7) is 9.89. The molecule has 0 aliphatic carbocycles. The molecule has 0 fully saturated rings. The first kappa shape index (κ1) is 15.9. The molecule has 0 saturated heterocycles. The minimum Gasteiger partial charge on any atom is -0.396 e. The van der Waals surface area contributed by atoms with Gasteiger partial charge in [0, 0.05) is 32.4 Å². The van der Waals surface area contributed by atoms with Crippen LogP contribution in [-0.4, -0.2) is 37.5 Å². The fourth-order valence-electron chi connectivity index (χ4n) is 1.88. The summed E-state index contributed by atoms with van der Waals surface area (Å²) in [7, 11) is 1.74. The molecule has 0 aliphatic heterocycles. The highest BCUT2D eigenvalue weighted by atomic mass is 16.5. The third kappa shape index (κ3) is 6.46. The Morgan fingerprint density at radius 2 is 1.50 bits per heavy atom. The maximum Gasteiger partial charge on any atom is 0.0477 e. The van der Waals surface area contributed by atoms with Crippen LogP contribution < -0.4 is 5.32 Å². The summed E-state index contributed by atoms with van der Waals surface area (Å²) in [5.41, 5.74) is 0. The van der Waals surface area contributed by atoms with Gasteiger partial charge in [0.05, 0.1) is 0 Å². The molecule has 0 spiro atoms. The minimum atomic E-state index is 0.255. The number of hydrogen-bond acceptors (Lipinski definition) is 3. The standard InChI is InChI=1S/C13H29NO2/c1-10(2)12(6-8-15)14-13(11(3)4)7-9-16-5/h10-15H,6-9H2,1-5H3. The average molecular weight is 231 g/mol. The van der Waals surface area contributed by atoms with Crippen LogP contribution in [0.5, 0.6) is 0 Å². The van der Waals surface area contributed by atoms with Crippen molar-refractivity contribution < 1.29 is 9.84 Å². The van der Waals surface area contributed by atoms with Crippen molar-refractivity contribution in [2.45, 2.75) is 52.6 Å². The van der Waals surface area contributed by atoms with Gasteiger partial charge in [-0.3, -0.25) is 0 Å². The van der Waals surface area contributed by atoms with Crippen LogP contribution >= 0.6 is 0 Å². The van der Waals surface area contributed by atoms with Gasteiger partial charge in [0.1, 0.15) is 0 Å². The number of aliphatic hydroxyl groups is 1. The molecule has 3 nitrogen and oxygen atoms in total. The number of rotatable bonds is 9. The third-order valence-electron chi connectivity index (χ3n) is 3.11. The quantitative estimate of drug-likeness (QED) is 0.638. The SMILES string of the molecule is COCCC(NC(CCO)C(C)C)C(C)C. The van der Waals surface area contributed by atoms with Crippen LogP contribution in [-0.2, 0) is 4.74 Å². The number of hydrogen-bond donors (Lipinski definition) is 2. The van der Waals surface area contributed by atoms with E-state index in [4.69, 9.17) is 9.84 Å². The molecule has 2 atom stereocenters. The van der Waals surface area contributed by atoms with Gasteiger partial charge in [0.15, 0.2) is 0 Å². The highest BCUT2D eigenvalue weighted by molar-refractivity contribution is 4.78. The van der Waals surface area contributed by atoms with E-state index in [2.05, 4.69) is 33.0 Å². The zero-order valence-corrected chi connectivity index (χ0v) is 11.5. The molecule has 0 heterocycles. The third-order valence-corrected chi connectivity index (χ3v) is 3.11. The Kier molecular flexibility index (Phi) is 8.90. The molecule has 0 saturated carbocycles.